The van der Waals surface area contributed by atoms with Gasteiger partial charge in [-0.25, -0.2) is 4.98 Å². The van der Waals surface area contributed by atoms with Crippen LogP contribution in [0.1, 0.15) is 33.6 Å². The van der Waals surface area contributed by atoms with Gasteiger partial charge in [0.05, 0.1) is 11.0 Å². The number of rotatable bonds is 4. The van der Waals surface area contributed by atoms with Crippen LogP contribution in [0, 0.1) is 20.8 Å². The average molecular weight is 340 g/mol. The lowest BCUT2D eigenvalue weighted by Crippen LogP contribution is -2.08. The minimum absolute atomic E-state index is 0.853. The summed E-state index contributed by atoms with van der Waals surface area (Å²) in [6.07, 6.45) is 0.853. The monoisotopic (exact) mass is 340 g/mol. The van der Waals surface area contributed by atoms with Gasteiger partial charge in [-0.3, -0.25) is 0 Å². The molecule has 130 valence electrons. The summed E-state index contributed by atoms with van der Waals surface area (Å²) < 4.78 is 2.38. The summed E-state index contributed by atoms with van der Waals surface area (Å²) in [5.74, 6) is 1.13. The Morgan fingerprint density at radius 2 is 1.50 bits per heavy atom. The first kappa shape index (κ1) is 16.6. The molecule has 0 aliphatic heterocycles. The van der Waals surface area contributed by atoms with E-state index in [1.54, 1.807) is 0 Å². The molecule has 0 unspecified atom stereocenters. The van der Waals surface area contributed by atoms with Crippen LogP contribution in [0.4, 0.5) is 0 Å². The van der Waals surface area contributed by atoms with Gasteiger partial charge in [0.2, 0.25) is 0 Å². The van der Waals surface area contributed by atoms with Crippen LogP contribution in [0.25, 0.3) is 11.0 Å². The Labute approximate surface area is 155 Å². The molecule has 0 saturated heterocycles. The van der Waals surface area contributed by atoms with Gasteiger partial charge in [-0.1, -0.05) is 60.2 Å². The van der Waals surface area contributed by atoms with Crippen LogP contribution in [0.5, 0.6) is 0 Å². The van der Waals surface area contributed by atoms with Crippen molar-refractivity contribution >= 4 is 11.0 Å². The van der Waals surface area contributed by atoms with Crippen LogP contribution in [0.3, 0.4) is 0 Å². The molecule has 0 spiro atoms. The molecule has 1 aromatic heterocycles. The molecular weight excluding hydrogens is 316 g/mol. The van der Waals surface area contributed by atoms with Crippen LogP contribution >= 0.6 is 0 Å². The number of hydrogen-bond acceptors (Lipinski definition) is 1. The summed E-state index contributed by atoms with van der Waals surface area (Å²) in [5.41, 5.74) is 8.92. The van der Waals surface area contributed by atoms with Gasteiger partial charge in [0.1, 0.15) is 5.82 Å². The Hall–Kier alpha value is -2.87. The molecule has 0 saturated carbocycles. The number of para-hydroxylation sites is 2. The Morgan fingerprint density at radius 1 is 0.769 bits per heavy atom. The van der Waals surface area contributed by atoms with Crippen LogP contribution in [0.15, 0.2) is 66.7 Å². The molecule has 0 bridgehead atoms. The average Bonchev–Trinajstić information content (AvgIpc) is 2.97. The highest BCUT2D eigenvalue weighted by atomic mass is 15.1. The quantitative estimate of drug-likeness (QED) is 0.473. The first-order chi connectivity index (χ1) is 12.6. The molecule has 0 aliphatic carbocycles. The van der Waals surface area contributed by atoms with Gasteiger partial charge in [-0.15, -0.1) is 0 Å². The zero-order chi connectivity index (χ0) is 18.1. The SMILES string of the molecule is Cc1ccc(C)c(Cn2c(Cc3ccccc3C)nc3ccccc32)c1. The maximum absolute atomic E-state index is 4.96. The van der Waals surface area contributed by atoms with Gasteiger partial charge in [0.15, 0.2) is 0 Å². The molecule has 0 atom stereocenters. The van der Waals surface area contributed by atoms with Crippen LogP contribution in [-0.4, -0.2) is 9.55 Å². The van der Waals surface area contributed by atoms with Crippen LogP contribution in [0.2, 0.25) is 0 Å². The van der Waals surface area contributed by atoms with E-state index in [0.717, 1.165) is 24.3 Å². The van der Waals surface area contributed by atoms with Crippen molar-refractivity contribution in [1.29, 1.82) is 0 Å². The van der Waals surface area contributed by atoms with Crippen molar-refractivity contribution in [3.05, 3.63) is 100 Å². The second-order valence-electron chi connectivity index (χ2n) is 7.14. The van der Waals surface area contributed by atoms with Crippen molar-refractivity contribution in [3.63, 3.8) is 0 Å². The lowest BCUT2D eigenvalue weighted by Gasteiger charge is -2.13. The lowest BCUT2D eigenvalue weighted by molar-refractivity contribution is 0.757. The van der Waals surface area contributed by atoms with Crippen molar-refractivity contribution in [1.82, 2.24) is 9.55 Å². The van der Waals surface area contributed by atoms with Crippen molar-refractivity contribution < 1.29 is 0 Å². The highest BCUT2D eigenvalue weighted by Crippen LogP contribution is 2.22. The molecule has 4 rings (SSSR count). The first-order valence-electron chi connectivity index (χ1n) is 9.16. The molecule has 3 aromatic carbocycles. The predicted octanol–water partition coefficient (Wildman–Crippen LogP) is 5.60. The van der Waals surface area contributed by atoms with E-state index in [1.165, 1.54) is 33.3 Å². The summed E-state index contributed by atoms with van der Waals surface area (Å²) in [6, 6.07) is 23.7. The highest BCUT2D eigenvalue weighted by Gasteiger charge is 2.13. The predicted molar refractivity (Wildman–Crippen MR) is 109 cm³/mol. The van der Waals surface area contributed by atoms with Crippen molar-refractivity contribution in [2.45, 2.75) is 33.7 Å². The molecule has 0 radical (unpaired) electrons. The van der Waals surface area contributed by atoms with E-state index in [9.17, 15) is 0 Å². The first-order valence-corrected chi connectivity index (χ1v) is 9.16. The molecule has 0 amide bonds. The Balaban J connectivity index is 1.82. The largest absolute Gasteiger partial charge is 0.323 e. The number of nitrogens with zero attached hydrogens (tertiary/aromatic N) is 2. The molecular formula is C24H24N2. The standard InChI is InChI=1S/C24H24N2/c1-17-12-13-19(3)21(14-17)16-26-23-11-7-6-10-22(23)25-24(26)15-20-9-5-4-8-18(20)2/h4-14H,15-16H2,1-3H3. The van der Waals surface area contributed by atoms with Crippen LogP contribution < -0.4 is 0 Å². The van der Waals surface area contributed by atoms with Gasteiger partial charge in [-0.05, 0) is 55.2 Å². The maximum Gasteiger partial charge on any atom is 0.114 e. The number of benzene rings is 3. The van der Waals surface area contributed by atoms with Crippen molar-refractivity contribution in [2.24, 2.45) is 0 Å². The molecule has 0 fully saturated rings. The van der Waals surface area contributed by atoms with Crippen LogP contribution in [-0.2, 0) is 13.0 Å². The fourth-order valence-electron chi connectivity index (χ4n) is 3.56. The van der Waals surface area contributed by atoms with E-state index >= 15 is 0 Å². The molecule has 0 aliphatic rings. The third-order valence-corrected chi connectivity index (χ3v) is 5.18. The smallest absolute Gasteiger partial charge is 0.114 e. The normalized spacial score (nSPS) is 11.2. The summed E-state index contributed by atoms with van der Waals surface area (Å²) in [7, 11) is 0. The number of hydrogen-bond donors (Lipinski definition) is 0. The fourth-order valence-corrected chi connectivity index (χ4v) is 3.56. The zero-order valence-electron chi connectivity index (χ0n) is 15.7. The van der Waals surface area contributed by atoms with E-state index in [0.29, 0.717) is 0 Å². The van der Waals surface area contributed by atoms with Crippen molar-refractivity contribution in [3.8, 4) is 0 Å². The molecule has 4 aromatic rings. The topological polar surface area (TPSA) is 17.8 Å². The minimum atomic E-state index is 0.853. The summed E-state index contributed by atoms with van der Waals surface area (Å²) in [6.45, 7) is 7.38. The summed E-state index contributed by atoms with van der Waals surface area (Å²) in [4.78, 5) is 4.96. The number of fused-ring (bicyclic) bond motifs is 1. The Morgan fingerprint density at radius 3 is 2.35 bits per heavy atom. The van der Waals surface area contributed by atoms with Gasteiger partial charge in [0.25, 0.3) is 0 Å². The van der Waals surface area contributed by atoms with Gasteiger partial charge in [-0.2, -0.15) is 0 Å². The minimum Gasteiger partial charge on any atom is -0.323 e. The third kappa shape index (κ3) is 3.15. The second-order valence-corrected chi connectivity index (χ2v) is 7.14. The molecule has 2 heteroatoms. The van der Waals surface area contributed by atoms with E-state index in [1.807, 2.05) is 0 Å². The van der Waals surface area contributed by atoms with Gasteiger partial charge < -0.3 is 4.57 Å². The molecule has 2 nitrogen and oxygen atoms in total. The zero-order valence-corrected chi connectivity index (χ0v) is 15.7. The van der Waals surface area contributed by atoms with Gasteiger partial charge in [0, 0.05) is 13.0 Å². The second kappa shape index (κ2) is 6.80. The Bertz CT molecular complexity index is 1070. The number of imidazole rings is 1. The molecule has 1 heterocycles. The van der Waals surface area contributed by atoms with E-state index in [-0.39, 0.29) is 0 Å². The van der Waals surface area contributed by atoms with E-state index in [4.69, 9.17) is 4.98 Å². The summed E-state index contributed by atoms with van der Waals surface area (Å²) in [5, 5.41) is 0. The molecule has 0 N–H and O–H groups in total. The van der Waals surface area contributed by atoms with E-state index in [2.05, 4.69) is 92.1 Å². The van der Waals surface area contributed by atoms with Gasteiger partial charge >= 0.3 is 0 Å². The Kier molecular flexibility index (Phi) is 4.34. The third-order valence-electron chi connectivity index (χ3n) is 5.18. The molecule has 26 heavy (non-hydrogen) atoms. The fraction of sp³-hybridized carbons (Fsp3) is 0.208. The highest BCUT2D eigenvalue weighted by molar-refractivity contribution is 5.76. The summed E-state index contributed by atoms with van der Waals surface area (Å²) >= 11 is 0. The number of aromatic nitrogens is 2. The maximum atomic E-state index is 4.96. The van der Waals surface area contributed by atoms with E-state index < -0.39 is 0 Å². The van der Waals surface area contributed by atoms with Crippen molar-refractivity contribution in [2.75, 3.05) is 0 Å². The number of aryl methyl sites for hydroxylation is 3. The lowest BCUT2D eigenvalue weighted by atomic mass is 10.0.